The molecule has 2 bridgehead atoms. The van der Waals surface area contributed by atoms with Gasteiger partial charge >= 0.3 is 0 Å². The van der Waals surface area contributed by atoms with Crippen LogP contribution in [0, 0.1) is 11.8 Å². The second-order valence-corrected chi connectivity index (χ2v) is 9.21. The first-order chi connectivity index (χ1) is 13.7. The third-order valence-corrected chi connectivity index (χ3v) is 7.64. The van der Waals surface area contributed by atoms with Gasteiger partial charge in [0.25, 0.3) is 5.91 Å². The average Bonchev–Trinajstić information content (AvgIpc) is 3.49. The Bertz CT molecular complexity index is 864. The lowest BCUT2D eigenvalue weighted by atomic mass is 9.95. The van der Waals surface area contributed by atoms with Crippen molar-refractivity contribution < 1.29 is 14.0 Å². The van der Waals surface area contributed by atoms with Crippen molar-refractivity contribution in [2.45, 2.75) is 43.6 Å². The monoisotopic (exact) mass is 396 g/mol. The molecular weight excluding hydrogens is 372 g/mol. The van der Waals surface area contributed by atoms with Gasteiger partial charge in [-0.3, -0.25) is 9.59 Å². The Morgan fingerprint density at radius 3 is 2.71 bits per heavy atom. The van der Waals surface area contributed by atoms with E-state index in [-0.39, 0.29) is 17.2 Å². The number of hydrogen-bond acceptors (Lipinski definition) is 4. The molecule has 2 saturated carbocycles. The minimum Gasteiger partial charge on any atom is -0.467 e. The summed E-state index contributed by atoms with van der Waals surface area (Å²) in [6.45, 7) is 0.468. The van der Waals surface area contributed by atoms with E-state index < -0.39 is 0 Å². The highest BCUT2D eigenvalue weighted by Crippen LogP contribution is 2.44. The first-order valence-corrected chi connectivity index (χ1v) is 11.1. The van der Waals surface area contributed by atoms with E-state index in [2.05, 4.69) is 5.32 Å². The molecule has 1 saturated heterocycles. The van der Waals surface area contributed by atoms with Crippen LogP contribution in [0.25, 0.3) is 0 Å². The maximum absolute atomic E-state index is 12.6. The SMILES string of the molecule is O=C(N[C@@H]1C[C@H]2CC[C@H]1C2)c1ccc([C@@H]2SCC(=O)N2Cc2ccco2)cc1. The standard InChI is InChI=1S/C22H24N2O3S/c25-20-13-28-22(24(20)12-18-2-1-9-27-18)16-7-5-15(6-8-16)21(26)23-19-11-14-3-4-17(19)10-14/h1-2,5-9,14,17,19,22H,3-4,10-13H2,(H,23,26)/t14-,17-,19+,22-/m0/s1. The summed E-state index contributed by atoms with van der Waals surface area (Å²) in [5, 5.41) is 3.20. The molecule has 1 N–H and O–H groups in total. The highest BCUT2D eigenvalue weighted by molar-refractivity contribution is 8.00. The summed E-state index contributed by atoms with van der Waals surface area (Å²) in [7, 11) is 0. The Labute approximate surface area is 168 Å². The van der Waals surface area contributed by atoms with Gasteiger partial charge in [-0.2, -0.15) is 0 Å². The molecular formula is C22H24N2O3S. The van der Waals surface area contributed by atoms with E-state index in [4.69, 9.17) is 4.42 Å². The zero-order valence-corrected chi connectivity index (χ0v) is 16.5. The molecule has 1 aliphatic heterocycles. The molecule has 4 atom stereocenters. The molecule has 3 aliphatic rings. The lowest BCUT2D eigenvalue weighted by Crippen LogP contribution is -2.38. The summed E-state index contributed by atoms with van der Waals surface area (Å²) >= 11 is 1.62. The van der Waals surface area contributed by atoms with Crippen molar-refractivity contribution in [2.24, 2.45) is 11.8 Å². The largest absolute Gasteiger partial charge is 0.467 e. The van der Waals surface area contributed by atoms with Crippen molar-refractivity contribution in [1.82, 2.24) is 10.2 Å². The number of hydrogen-bond donors (Lipinski definition) is 1. The number of carbonyl (C=O) groups is 2. The smallest absolute Gasteiger partial charge is 0.251 e. The van der Waals surface area contributed by atoms with Gasteiger partial charge in [0.05, 0.1) is 18.6 Å². The number of nitrogens with one attached hydrogen (secondary N) is 1. The van der Waals surface area contributed by atoms with Crippen molar-refractivity contribution in [3.05, 3.63) is 59.5 Å². The van der Waals surface area contributed by atoms with E-state index in [1.54, 1.807) is 18.0 Å². The molecule has 2 aliphatic carbocycles. The number of furan rings is 1. The number of fused-ring (bicyclic) bond motifs is 2. The highest BCUT2D eigenvalue weighted by Gasteiger charge is 2.40. The van der Waals surface area contributed by atoms with E-state index in [0.717, 1.165) is 23.7 Å². The van der Waals surface area contributed by atoms with Gasteiger partial charge in [0.15, 0.2) is 0 Å². The normalized spacial score (nSPS) is 28.9. The van der Waals surface area contributed by atoms with E-state index in [0.29, 0.717) is 29.8 Å². The molecule has 0 radical (unpaired) electrons. The third-order valence-electron chi connectivity index (χ3n) is 6.39. The zero-order chi connectivity index (χ0) is 19.1. The van der Waals surface area contributed by atoms with Crippen LogP contribution in [-0.4, -0.2) is 28.5 Å². The van der Waals surface area contributed by atoms with Crippen molar-refractivity contribution >= 4 is 23.6 Å². The summed E-state index contributed by atoms with van der Waals surface area (Å²) < 4.78 is 5.41. The number of carbonyl (C=O) groups excluding carboxylic acids is 2. The molecule has 6 heteroatoms. The fourth-order valence-electron chi connectivity index (χ4n) is 4.94. The van der Waals surface area contributed by atoms with Crippen molar-refractivity contribution in [2.75, 3.05) is 5.75 Å². The topological polar surface area (TPSA) is 62.6 Å². The zero-order valence-electron chi connectivity index (χ0n) is 15.7. The summed E-state index contributed by atoms with van der Waals surface area (Å²) in [5.41, 5.74) is 1.73. The summed E-state index contributed by atoms with van der Waals surface area (Å²) in [6.07, 6.45) is 6.63. The van der Waals surface area contributed by atoms with Crippen LogP contribution in [-0.2, 0) is 11.3 Å². The van der Waals surface area contributed by atoms with E-state index in [1.807, 2.05) is 41.3 Å². The number of amides is 2. The molecule has 28 heavy (non-hydrogen) atoms. The van der Waals surface area contributed by atoms with Gasteiger partial charge in [-0.15, -0.1) is 11.8 Å². The highest BCUT2D eigenvalue weighted by atomic mass is 32.2. The maximum Gasteiger partial charge on any atom is 0.251 e. The molecule has 146 valence electrons. The second kappa shape index (κ2) is 7.32. The van der Waals surface area contributed by atoms with Gasteiger partial charge in [-0.05, 0) is 60.9 Å². The molecule has 0 spiro atoms. The van der Waals surface area contributed by atoms with E-state index >= 15 is 0 Å². The predicted molar refractivity (Wildman–Crippen MR) is 108 cm³/mol. The quantitative estimate of drug-likeness (QED) is 0.831. The van der Waals surface area contributed by atoms with Crippen LogP contribution in [0.2, 0.25) is 0 Å². The molecule has 3 fully saturated rings. The fraction of sp³-hybridized carbons (Fsp3) is 0.455. The van der Waals surface area contributed by atoms with Gasteiger partial charge in [0, 0.05) is 11.6 Å². The minimum absolute atomic E-state index is 0.0201. The molecule has 2 heterocycles. The van der Waals surface area contributed by atoms with Crippen LogP contribution in [0.4, 0.5) is 0 Å². The van der Waals surface area contributed by atoms with E-state index in [9.17, 15) is 9.59 Å². The lowest BCUT2D eigenvalue weighted by Gasteiger charge is -2.24. The molecule has 1 aromatic carbocycles. The van der Waals surface area contributed by atoms with Crippen LogP contribution < -0.4 is 5.32 Å². The average molecular weight is 397 g/mol. The second-order valence-electron chi connectivity index (χ2n) is 8.14. The molecule has 5 nitrogen and oxygen atoms in total. The minimum atomic E-state index is -0.0414. The summed E-state index contributed by atoms with van der Waals surface area (Å²) in [6, 6.07) is 11.8. The lowest BCUT2D eigenvalue weighted by molar-refractivity contribution is -0.128. The predicted octanol–water partition coefficient (Wildman–Crippen LogP) is 3.97. The first-order valence-electron chi connectivity index (χ1n) is 10.0. The Morgan fingerprint density at radius 1 is 1.18 bits per heavy atom. The summed E-state index contributed by atoms with van der Waals surface area (Å²) in [4.78, 5) is 26.8. The third kappa shape index (κ3) is 3.34. The molecule has 2 aromatic rings. The summed E-state index contributed by atoms with van der Waals surface area (Å²) in [5.74, 6) is 2.87. The van der Waals surface area contributed by atoms with Crippen molar-refractivity contribution in [3.63, 3.8) is 0 Å². The Kier molecular flexibility index (Phi) is 4.67. The van der Waals surface area contributed by atoms with Gasteiger partial charge in [0.2, 0.25) is 5.91 Å². The number of rotatable bonds is 5. The Hall–Kier alpha value is -2.21. The van der Waals surface area contributed by atoms with Crippen LogP contribution in [0.3, 0.4) is 0 Å². The van der Waals surface area contributed by atoms with E-state index in [1.165, 1.54) is 19.3 Å². The Morgan fingerprint density at radius 2 is 2.04 bits per heavy atom. The molecule has 1 aromatic heterocycles. The van der Waals surface area contributed by atoms with Crippen molar-refractivity contribution in [1.29, 1.82) is 0 Å². The molecule has 0 unspecified atom stereocenters. The number of benzene rings is 1. The molecule has 2 amide bonds. The van der Waals surface area contributed by atoms with Gasteiger partial charge < -0.3 is 14.6 Å². The first kappa shape index (κ1) is 17.9. The molecule has 5 rings (SSSR count). The van der Waals surface area contributed by atoms with Crippen LogP contribution in [0.15, 0.2) is 47.1 Å². The van der Waals surface area contributed by atoms with Crippen LogP contribution in [0.5, 0.6) is 0 Å². The van der Waals surface area contributed by atoms with Crippen LogP contribution in [0.1, 0.15) is 52.7 Å². The fourth-order valence-corrected chi connectivity index (χ4v) is 6.13. The van der Waals surface area contributed by atoms with Crippen molar-refractivity contribution in [3.8, 4) is 0 Å². The van der Waals surface area contributed by atoms with Gasteiger partial charge in [0.1, 0.15) is 11.1 Å². The maximum atomic E-state index is 12.6. The Balaban J connectivity index is 1.26. The van der Waals surface area contributed by atoms with Gasteiger partial charge in [-0.1, -0.05) is 18.6 Å². The number of thioether (sulfide) groups is 1. The van der Waals surface area contributed by atoms with Gasteiger partial charge in [-0.25, -0.2) is 0 Å². The number of nitrogens with zero attached hydrogens (tertiary/aromatic N) is 1. The van der Waals surface area contributed by atoms with Crippen LogP contribution >= 0.6 is 11.8 Å².